The minimum absolute atomic E-state index is 0.0764. The van der Waals surface area contributed by atoms with Crippen molar-refractivity contribution in [3.8, 4) is 11.5 Å². The zero-order valence-electron chi connectivity index (χ0n) is 6.12. The predicted molar refractivity (Wildman–Crippen MR) is 40.2 cm³/mol. The van der Waals surface area contributed by atoms with Crippen LogP contribution in [-0.2, 0) is 0 Å². The first-order valence-electron chi connectivity index (χ1n) is 3.05. The lowest BCUT2D eigenvalue weighted by Crippen LogP contribution is -1.98. The van der Waals surface area contributed by atoms with Crippen LogP contribution in [0.25, 0.3) is 0 Å². The second kappa shape index (κ2) is 5.36. The average Bonchev–Trinajstić information content (AvgIpc) is 1.94. The summed E-state index contributed by atoms with van der Waals surface area (Å²) in [6.07, 6.45) is 0. The van der Waals surface area contributed by atoms with Crippen LogP contribution < -0.4 is 0 Å². The van der Waals surface area contributed by atoms with Gasteiger partial charge in [0.2, 0.25) is 0 Å². The number of aliphatic hydroxyl groups is 3. The van der Waals surface area contributed by atoms with Gasteiger partial charge in [-0.1, -0.05) is 12.1 Å². The Hall–Kier alpha value is -1.30. The molecule has 68 valence electrons. The SMILES string of the molecule is OC(O)O.Oc1ccccc1O. The second-order valence-corrected chi connectivity index (χ2v) is 1.84. The van der Waals surface area contributed by atoms with Gasteiger partial charge in [-0.3, -0.25) is 0 Å². The summed E-state index contributed by atoms with van der Waals surface area (Å²) in [6.45, 7) is -2.17. The van der Waals surface area contributed by atoms with Crippen molar-refractivity contribution in [1.82, 2.24) is 0 Å². The van der Waals surface area contributed by atoms with Crippen LogP contribution in [0.2, 0.25) is 0 Å². The zero-order valence-corrected chi connectivity index (χ0v) is 6.12. The van der Waals surface area contributed by atoms with Gasteiger partial charge in [0.1, 0.15) is 0 Å². The lowest BCUT2D eigenvalue weighted by molar-refractivity contribution is -0.198. The molecule has 0 aliphatic rings. The van der Waals surface area contributed by atoms with Gasteiger partial charge < -0.3 is 25.5 Å². The third kappa shape index (κ3) is 5.48. The highest BCUT2D eigenvalue weighted by molar-refractivity contribution is 5.36. The quantitative estimate of drug-likeness (QED) is 0.265. The van der Waals surface area contributed by atoms with Crippen molar-refractivity contribution in [2.75, 3.05) is 0 Å². The molecule has 0 radical (unpaired) electrons. The summed E-state index contributed by atoms with van der Waals surface area (Å²) in [5, 5.41) is 38.8. The molecule has 0 spiro atoms. The third-order valence-corrected chi connectivity index (χ3v) is 0.882. The number of aliphatic hydroxyl groups excluding tert-OH is 1. The van der Waals surface area contributed by atoms with Crippen LogP contribution in [0.5, 0.6) is 11.5 Å². The van der Waals surface area contributed by atoms with Gasteiger partial charge in [0.15, 0.2) is 11.5 Å². The number of rotatable bonds is 0. The van der Waals surface area contributed by atoms with Crippen molar-refractivity contribution in [2.24, 2.45) is 0 Å². The largest absolute Gasteiger partial charge is 0.504 e. The van der Waals surface area contributed by atoms with E-state index in [1.807, 2.05) is 0 Å². The Labute approximate surface area is 68.8 Å². The Morgan fingerprint density at radius 2 is 1.08 bits per heavy atom. The predicted octanol–water partition coefficient (Wildman–Crippen LogP) is -0.655. The van der Waals surface area contributed by atoms with Gasteiger partial charge in [-0.05, 0) is 12.1 Å². The summed E-state index contributed by atoms with van der Waals surface area (Å²) in [7, 11) is 0. The van der Waals surface area contributed by atoms with Gasteiger partial charge >= 0.3 is 0 Å². The maximum absolute atomic E-state index is 8.67. The van der Waals surface area contributed by atoms with Crippen molar-refractivity contribution in [2.45, 2.75) is 6.48 Å². The van der Waals surface area contributed by atoms with Crippen LogP contribution in [0.15, 0.2) is 24.3 Å². The Kier molecular flexibility index (Phi) is 4.78. The molecule has 0 bridgehead atoms. The summed E-state index contributed by atoms with van der Waals surface area (Å²) >= 11 is 0. The molecule has 0 unspecified atom stereocenters. The molecule has 0 aliphatic carbocycles. The molecular weight excluding hydrogens is 164 g/mol. The van der Waals surface area contributed by atoms with E-state index in [1.54, 1.807) is 12.1 Å². The molecule has 5 heteroatoms. The lowest BCUT2D eigenvalue weighted by atomic mass is 10.3. The Morgan fingerprint density at radius 1 is 0.833 bits per heavy atom. The zero-order chi connectivity index (χ0) is 9.56. The summed E-state index contributed by atoms with van der Waals surface area (Å²) in [6, 6.07) is 6.15. The molecule has 0 amide bonds. The average molecular weight is 174 g/mol. The highest BCUT2D eigenvalue weighted by Crippen LogP contribution is 2.21. The van der Waals surface area contributed by atoms with E-state index in [9.17, 15) is 0 Å². The van der Waals surface area contributed by atoms with Gasteiger partial charge in [-0.2, -0.15) is 0 Å². The van der Waals surface area contributed by atoms with Crippen LogP contribution >= 0.6 is 0 Å². The molecule has 1 aromatic carbocycles. The van der Waals surface area contributed by atoms with E-state index in [0.29, 0.717) is 0 Å². The van der Waals surface area contributed by atoms with Crippen molar-refractivity contribution >= 4 is 0 Å². The molecule has 5 nitrogen and oxygen atoms in total. The highest BCUT2D eigenvalue weighted by atomic mass is 16.6. The Bertz CT molecular complexity index is 199. The van der Waals surface area contributed by atoms with Crippen LogP contribution in [0.1, 0.15) is 0 Å². The molecule has 0 heterocycles. The number of hydrogen-bond donors (Lipinski definition) is 5. The van der Waals surface area contributed by atoms with E-state index in [1.165, 1.54) is 12.1 Å². The molecular formula is C7H10O5. The third-order valence-electron chi connectivity index (χ3n) is 0.882. The van der Waals surface area contributed by atoms with E-state index in [4.69, 9.17) is 25.5 Å². The fourth-order valence-electron chi connectivity index (χ4n) is 0.464. The normalized spacial score (nSPS) is 9.00. The lowest BCUT2D eigenvalue weighted by Gasteiger charge is -1.91. The first-order chi connectivity index (χ1) is 5.54. The number of phenolic OH excluding ortho intramolecular Hbond substituents is 2. The molecule has 12 heavy (non-hydrogen) atoms. The van der Waals surface area contributed by atoms with Crippen molar-refractivity contribution in [1.29, 1.82) is 0 Å². The van der Waals surface area contributed by atoms with Crippen molar-refractivity contribution in [3.05, 3.63) is 24.3 Å². The molecule has 0 aliphatic heterocycles. The monoisotopic (exact) mass is 174 g/mol. The number of aromatic hydroxyl groups is 2. The van der Waals surface area contributed by atoms with Crippen LogP contribution in [0.3, 0.4) is 0 Å². The van der Waals surface area contributed by atoms with E-state index < -0.39 is 6.48 Å². The summed E-state index contributed by atoms with van der Waals surface area (Å²) < 4.78 is 0. The van der Waals surface area contributed by atoms with Crippen LogP contribution in [0, 0.1) is 0 Å². The minimum atomic E-state index is -2.17. The summed E-state index contributed by atoms with van der Waals surface area (Å²) in [5.74, 6) is -0.153. The highest BCUT2D eigenvalue weighted by Gasteiger charge is 1.90. The van der Waals surface area contributed by atoms with Crippen LogP contribution in [-0.4, -0.2) is 32.0 Å². The first kappa shape index (κ1) is 10.7. The Balaban J connectivity index is 0.000000261. The van der Waals surface area contributed by atoms with E-state index in [0.717, 1.165) is 0 Å². The summed E-state index contributed by atoms with van der Waals surface area (Å²) in [4.78, 5) is 0. The molecule has 0 aromatic heterocycles. The molecule has 0 atom stereocenters. The maximum Gasteiger partial charge on any atom is 0.263 e. The van der Waals surface area contributed by atoms with Gasteiger partial charge in [0, 0.05) is 0 Å². The number of benzene rings is 1. The molecule has 1 aromatic rings. The Morgan fingerprint density at radius 3 is 1.25 bits per heavy atom. The van der Waals surface area contributed by atoms with Crippen molar-refractivity contribution in [3.63, 3.8) is 0 Å². The summed E-state index contributed by atoms with van der Waals surface area (Å²) in [5.41, 5.74) is 0. The van der Waals surface area contributed by atoms with Gasteiger partial charge in [-0.25, -0.2) is 0 Å². The van der Waals surface area contributed by atoms with E-state index in [2.05, 4.69) is 0 Å². The van der Waals surface area contributed by atoms with Gasteiger partial charge in [-0.15, -0.1) is 0 Å². The smallest absolute Gasteiger partial charge is 0.263 e. The first-order valence-corrected chi connectivity index (χ1v) is 3.05. The molecule has 1 rings (SSSR count). The molecule has 5 N–H and O–H groups in total. The van der Waals surface area contributed by atoms with Crippen LogP contribution in [0.4, 0.5) is 0 Å². The molecule has 0 saturated carbocycles. The molecule has 0 saturated heterocycles. The number of phenols is 2. The number of para-hydroxylation sites is 2. The topological polar surface area (TPSA) is 101 Å². The molecule has 0 fully saturated rings. The van der Waals surface area contributed by atoms with Crippen molar-refractivity contribution < 1.29 is 25.5 Å². The fraction of sp³-hybridized carbons (Fsp3) is 0.143. The minimum Gasteiger partial charge on any atom is -0.504 e. The van der Waals surface area contributed by atoms with Gasteiger partial charge in [0.25, 0.3) is 6.48 Å². The standard InChI is InChI=1S/C6H6O2.CH4O3/c7-5-3-1-2-4-6(5)8;2-1(3)4/h1-4,7-8H;1-4H. The second-order valence-electron chi connectivity index (χ2n) is 1.84. The fourth-order valence-corrected chi connectivity index (χ4v) is 0.464. The van der Waals surface area contributed by atoms with Gasteiger partial charge in [0.05, 0.1) is 0 Å². The maximum atomic E-state index is 8.67. The van der Waals surface area contributed by atoms with E-state index in [-0.39, 0.29) is 11.5 Å². The van der Waals surface area contributed by atoms with E-state index >= 15 is 0 Å². The number of hydrogen-bond acceptors (Lipinski definition) is 5.